The molecule has 0 atom stereocenters. The van der Waals surface area contributed by atoms with Gasteiger partial charge in [0, 0.05) is 11.1 Å². The first-order valence-electron chi connectivity index (χ1n) is 11.0. The number of fused-ring (bicyclic) bond motifs is 1. The Labute approximate surface area is 207 Å². The molecule has 11 heteroatoms. The monoisotopic (exact) mass is 518 g/mol. The SMILES string of the molecule is O=C(Nc1ccc2nc(NC(=O)C3(c4cccc(C(F)(F)F)c4)CCCC3)sc2c1)C1=CSCN1. The van der Waals surface area contributed by atoms with Crippen LogP contribution in [0.25, 0.3) is 10.2 Å². The van der Waals surface area contributed by atoms with Crippen LogP contribution in [-0.4, -0.2) is 22.7 Å². The standard InChI is InChI=1S/C24H21F3N4O2S2/c25-24(26,27)15-5-3-4-14(10-15)23(8-1-2-9-23)21(33)31-22-30-17-7-6-16(11-19(17)35-22)29-20(32)18-12-34-13-28-18/h3-7,10-12,28H,1-2,8-9,13H2,(H,29,32)(H,30,31,33). The average Bonchev–Trinajstić information content (AvgIpc) is 3.59. The summed E-state index contributed by atoms with van der Waals surface area (Å²) in [6.45, 7) is 0. The van der Waals surface area contributed by atoms with E-state index in [0.29, 0.717) is 46.3 Å². The highest BCUT2D eigenvalue weighted by Crippen LogP contribution is 2.44. The van der Waals surface area contributed by atoms with E-state index in [1.54, 1.807) is 29.7 Å². The minimum Gasteiger partial charge on any atom is -0.371 e. The topological polar surface area (TPSA) is 83.1 Å². The molecular formula is C24H21F3N4O2S2. The van der Waals surface area contributed by atoms with E-state index in [0.717, 1.165) is 29.7 Å². The van der Waals surface area contributed by atoms with E-state index < -0.39 is 17.2 Å². The van der Waals surface area contributed by atoms with Crippen molar-refractivity contribution in [1.82, 2.24) is 10.3 Å². The molecule has 2 heterocycles. The minimum atomic E-state index is -4.48. The first kappa shape index (κ1) is 23.7. The molecule has 0 saturated heterocycles. The Morgan fingerprint density at radius 1 is 1.06 bits per heavy atom. The largest absolute Gasteiger partial charge is 0.416 e. The first-order chi connectivity index (χ1) is 16.7. The Bertz CT molecular complexity index is 1330. The van der Waals surface area contributed by atoms with Crippen LogP contribution < -0.4 is 16.0 Å². The van der Waals surface area contributed by atoms with E-state index in [1.807, 2.05) is 0 Å². The third kappa shape index (κ3) is 4.74. The van der Waals surface area contributed by atoms with E-state index >= 15 is 0 Å². The fraction of sp³-hybridized carbons (Fsp3) is 0.292. The molecule has 1 aromatic heterocycles. The number of carbonyl (C=O) groups is 2. The summed E-state index contributed by atoms with van der Waals surface area (Å²) in [7, 11) is 0. The molecule has 2 amide bonds. The number of anilines is 2. The van der Waals surface area contributed by atoms with E-state index in [4.69, 9.17) is 0 Å². The summed E-state index contributed by atoms with van der Waals surface area (Å²) >= 11 is 2.76. The number of thioether (sulfide) groups is 1. The van der Waals surface area contributed by atoms with Gasteiger partial charge in [0.15, 0.2) is 5.13 Å². The molecule has 0 radical (unpaired) electrons. The maximum atomic E-state index is 13.4. The first-order valence-corrected chi connectivity index (χ1v) is 12.9. The molecule has 3 aromatic rings. The van der Waals surface area contributed by atoms with Gasteiger partial charge in [-0.3, -0.25) is 9.59 Å². The highest BCUT2D eigenvalue weighted by molar-refractivity contribution is 8.02. The number of amides is 2. The zero-order valence-corrected chi connectivity index (χ0v) is 20.0. The van der Waals surface area contributed by atoms with Gasteiger partial charge in [-0.25, -0.2) is 4.98 Å². The number of thiazole rings is 1. The normalized spacial score (nSPS) is 17.2. The lowest BCUT2D eigenvalue weighted by atomic mass is 9.77. The molecule has 182 valence electrons. The molecule has 1 aliphatic heterocycles. The number of carbonyl (C=O) groups excluding carboxylic acids is 2. The van der Waals surface area contributed by atoms with Gasteiger partial charge < -0.3 is 16.0 Å². The van der Waals surface area contributed by atoms with Gasteiger partial charge in [-0.15, -0.1) is 11.8 Å². The van der Waals surface area contributed by atoms with Crippen molar-refractivity contribution in [2.24, 2.45) is 0 Å². The Balaban J connectivity index is 1.37. The molecule has 6 nitrogen and oxygen atoms in total. The number of alkyl halides is 3. The second kappa shape index (κ2) is 9.19. The highest BCUT2D eigenvalue weighted by atomic mass is 32.2. The summed E-state index contributed by atoms with van der Waals surface area (Å²) < 4.78 is 40.7. The number of rotatable bonds is 5. The molecule has 3 N–H and O–H groups in total. The molecule has 5 rings (SSSR count). The van der Waals surface area contributed by atoms with Crippen molar-refractivity contribution in [2.75, 3.05) is 16.5 Å². The third-order valence-corrected chi connectivity index (χ3v) is 7.94. The Morgan fingerprint density at radius 2 is 1.86 bits per heavy atom. The molecule has 2 aliphatic rings. The van der Waals surface area contributed by atoms with Crippen molar-refractivity contribution in [3.05, 3.63) is 64.7 Å². The molecule has 0 spiro atoms. The van der Waals surface area contributed by atoms with Gasteiger partial charge in [-0.05, 0) is 42.7 Å². The van der Waals surface area contributed by atoms with E-state index in [1.165, 1.54) is 29.2 Å². The van der Waals surface area contributed by atoms with Gasteiger partial charge in [-0.2, -0.15) is 13.2 Å². The van der Waals surface area contributed by atoms with Crippen LogP contribution in [0.2, 0.25) is 0 Å². The van der Waals surface area contributed by atoms with Crippen molar-refractivity contribution in [2.45, 2.75) is 37.3 Å². The van der Waals surface area contributed by atoms with Crippen LogP contribution >= 0.6 is 23.1 Å². The lowest BCUT2D eigenvalue weighted by molar-refractivity contribution is -0.137. The summed E-state index contributed by atoms with van der Waals surface area (Å²) in [6.07, 6.45) is -2.00. The summed E-state index contributed by atoms with van der Waals surface area (Å²) in [5.74, 6) is 0.0668. The van der Waals surface area contributed by atoms with Crippen LogP contribution in [0.3, 0.4) is 0 Å². The fourth-order valence-corrected chi connectivity index (χ4v) is 6.09. The number of benzene rings is 2. The molecule has 0 bridgehead atoms. The van der Waals surface area contributed by atoms with Crippen LogP contribution in [0.4, 0.5) is 24.0 Å². The Kier molecular flexibility index (Phi) is 6.22. The van der Waals surface area contributed by atoms with E-state index in [2.05, 4.69) is 20.9 Å². The van der Waals surface area contributed by atoms with Crippen molar-refractivity contribution >= 4 is 55.9 Å². The number of hydrogen-bond donors (Lipinski definition) is 3. The van der Waals surface area contributed by atoms with E-state index in [9.17, 15) is 22.8 Å². The smallest absolute Gasteiger partial charge is 0.371 e. The molecule has 1 aliphatic carbocycles. The average molecular weight is 519 g/mol. The predicted octanol–water partition coefficient (Wildman–Crippen LogP) is 5.84. The van der Waals surface area contributed by atoms with Crippen molar-refractivity contribution < 1.29 is 22.8 Å². The van der Waals surface area contributed by atoms with Gasteiger partial charge in [0.25, 0.3) is 5.91 Å². The maximum Gasteiger partial charge on any atom is 0.416 e. The van der Waals surface area contributed by atoms with Crippen molar-refractivity contribution in [1.29, 1.82) is 0 Å². The lowest BCUT2D eigenvalue weighted by Gasteiger charge is -2.28. The second-order valence-corrected chi connectivity index (χ2v) is 10.4. The number of halogens is 3. The third-order valence-electron chi connectivity index (χ3n) is 6.29. The highest BCUT2D eigenvalue weighted by Gasteiger charge is 2.44. The molecule has 1 saturated carbocycles. The zero-order valence-electron chi connectivity index (χ0n) is 18.4. The summed E-state index contributed by atoms with van der Waals surface area (Å²) in [5, 5.41) is 10.8. The summed E-state index contributed by atoms with van der Waals surface area (Å²) in [6, 6.07) is 10.3. The molecule has 35 heavy (non-hydrogen) atoms. The minimum absolute atomic E-state index is 0.239. The van der Waals surface area contributed by atoms with Gasteiger partial charge in [0.2, 0.25) is 5.91 Å². The number of hydrogen-bond acceptors (Lipinski definition) is 6. The molecule has 0 unspecified atom stereocenters. The number of nitrogens with zero attached hydrogens (tertiary/aromatic N) is 1. The maximum absolute atomic E-state index is 13.4. The molecule has 2 aromatic carbocycles. The second-order valence-electron chi connectivity index (χ2n) is 8.50. The van der Waals surface area contributed by atoms with Crippen LogP contribution in [-0.2, 0) is 21.2 Å². The molecule has 1 fully saturated rings. The van der Waals surface area contributed by atoms with Gasteiger partial charge in [0.05, 0.1) is 27.1 Å². The Hall–Kier alpha value is -3.05. The molecular weight excluding hydrogens is 497 g/mol. The van der Waals surface area contributed by atoms with Crippen LogP contribution in [0.5, 0.6) is 0 Å². The van der Waals surface area contributed by atoms with Crippen molar-refractivity contribution in [3.8, 4) is 0 Å². The van der Waals surface area contributed by atoms with Crippen LogP contribution in [0, 0.1) is 0 Å². The summed E-state index contributed by atoms with van der Waals surface area (Å²) in [5.41, 5.74) is 0.339. The van der Waals surface area contributed by atoms with Crippen molar-refractivity contribution in [3.63, 3.8) is 0 Å². The lowest BCUT2D eigenvalue weighted by Crippen LogP contribution is -2.38. The number of nitrogens with one attached hydrogen (secondary N) is 3. The quantitative estimate of drug-likeness (QED) is 0.395. The fourth-order valence-electron chi connectivity index (χ4n) is 4.51. The Morgan fingerprint density at radius 3 is 2.57 bits per heavy atom. The summed E-state index contributed by atoms with van der Waals surface area (Å²) in [4.78, 5) is 30.2. The van der Waals surface area contributed by atoms with Crippen LogP contribution in [0.15, 0.2) is 53.6 Å². The number of aromatic nitrogens is 1. The van der Waals surface area contributed by atoms with E-state index in [-0.39, 0.29) is 11.8 Å². The van der Waals surface area contributed by atoms with Gasteiger partial charge >= 0.3 is 6.18 Å². The van der Waals surface area contributed by atoms with Crippen LogP contribution in [0.1, 0.15) is 36.8 Å². The predicted molar refractivity (Wildman–Crippen MR) is 132 cm³/mol. The zero-order chi connectivity index (χ0) is 24.6. The van der Waals surface area contributed by atoms with Gasteiger partial charge in [0.1, 0.15) is 5.70 Å². The van der Waals surface area contributed by atoms with Gasteiger partial charge in [-0.1, -0.05) is 42.4 Å².